The fourth-order valence-electron chi connectivity index (χ4n) is 4.86. The SMILES string of the molecule is COc1ccc(CN(C(=O)CN(c2ccccc2)S(=O)(=O)c2ccc(C)cc2)[C@@H](C)C(=O)NC2CCCC2)cc1. The Hall–Kier alpha value is -3.85. The van der Waals surface area contributed by atoms with E-state index in [4.69, 9.17) is 4.74 Å². The number of aryl methyl sites for hydroxylation is 1. The van der Waals surface area contributed by atoms with E-state index in [0.29, 0.717) is 11.4 Å². The summed E-state index contributed by atoms with van der Waals surface area (Å²) in [7, 11) is -2.50. The van der Waals surface area contributed by atoms with Crippen molar-refractivity contribution in [2.75, 3.05) is 18.0 Å². The number of rotatable bonds is 11. The predicted molar refractivity (Wildman–Crippen MR) is 156 cm³/mol. The average molecular weight is 564 g/mol. The summed E-state index contributed by atoms with van der Waals surface area (Å²) in [5.41, 5.74) is 2.08. The molecule has 0 aromatic heterocycles. The molecule has 0 radical (unpaired) electrons. The summed E-state index contributed by atoms with van der Waals surface area (Å²) in [5.74, 6) is -0.0565. The van der Waals surface area contributed by atoms with Crippen molar-refractivity contribution in [2.24, 2.45) is 0 Å². The zero-order chi connectivity index (χ0) is 28.7. The van der Waals surface area contributed by atoms with Crippen LogP contribution in [0.5, 0.6) is 5.75 Å². The Kier molecular flexibility index (Phi) is 9.47. The number of para-hydroxylation sites is 1. The first-order valence-corrected chi connectivity index (χ1v) is 15.0. The number of sulfonamides is 1. The number of nitrogens with zero attached hydrogens (tertiary/aromatic N) is 2. The molecule has 40 heavy (non-hydrogen) atoms. The second-order valence-corrected chi connectivity index (χ2v) is 12.1. The molecule has 1 N–H and O–H groups in total. The fraction of sp³-hybridized carbons (Fsp3) is 0.355. The van der Waals surface area contributed by atoms with Gasteiger partial charge in [-0.05, 0) is 68.7 Å². The van der Waals surface area contributed by atoms with Crippen LogP contribution in [0.15, 0.2) is 83.8 Å². The minimum absolute atomic E-state index is 0.0866. The molecule has 0 bridgehead atoms. The Morgan fingerprint density at radius 3 is 2.17 bits per heavy atom. The van der Waals surface area contributed by atoms with Crippen LogP contribution >= 0.6 is 0 Å². The number of carbonyl (C=O) groups excluding carboxylic acids is 2. The molecule has 1 aliphatic rings. The second kappa shape index (κ2) is 13.0. The number of ether oxygens (including phenoxy) is 1. The molecule has 0 spiro atoms. The number of hydrogen-bond donors (Lipinski definition) is 1. The maximum Gasteiger partial charge on any atom is 0.264 e. The van der Waals surface area contributed by atoms with Crippen molar-refractivity contribution in [3.8, 4) is 5.75 Å². The van der Waals surface area contributed by atoms with Gasteiger partial charge in [0.25, 0.3) is 10.0 Å². The van der Waals surface area contributed by atoms with Crippen LogP contribution in [0.2, 0.25) is 0 Å². The molecule has 0 aliphatic heterocycles. The van der Waals surface area contributed by atoms with Gasteiger partial charge in [-0.15, -0.1) is 0 Å². The molecule has 4 rings (SSSR count). The van der Waals surface area contributed by atoms with Crippen LogP contribution in [0.1, 0.15) is 43.7 Å². The van der Waals surface area contributed by atoms with Crippen LogP contribution in [0.25, 0.3) is 0 Å². The highest BCUT2D eigenvalue weighted by Crippen LogP contribution is 2.25. The van der Waals surface area contributed by atoms with Crippen molar-refractivity contribution in [3.63, 3.8) is 0 Å². The van der Waals surface area contributed by atoms with E-state index in [9.17, 15) is 18.0 Å². The van der Waals surface area contributed by atoms with Gasteiger partial charge in [0.2, 0.25) is 11.8 Å². The lowest BCUT2D eigenvalue weighted by molar-refractivity contribution is -0.139. The van der Waals surface area contributed by atoms with Gasteiger partial charge in [0.05, 0.1) is 17.7 Å². The Morgan fingerprint density at radius 1 is 0.950 bits per heavy atom. The summed E-state index contributed by atoms with van der Waals surface area (Å²) >= 11 is 0. The minimum Gasteiger partial charge on any atom is -0.497 e. The Labute approximate surface area is 237 Å². The summed E-state index contributed by atoms with van der Waals surface area (Å²) in [6.45, 7) is 3.24. The number of carbonyl (C=O) groups is 2. The van der Waals surface area contributed by atoms with Gasteiger partial charge in [0.15, 0.2) is 0 Å². The fourth-order valence-corrected chi connectivity index (χ4v) is 6.28. The summed E-state index contributed by atoms with van der Waals surface area (Å²) in [4.78, 5) is 28.8. The smallest absolute Gasteiger partial charge is 0.264 e. The van der Waals surface area contributed by atoms with Gasteiger partial charge in [-0.1, -0.05) is 60.9 Å². The molecule has 212 valence electrons. The van der Waals surface area contributed by atoms with E-state index in [1.54, 1.807) is 68.6 Å². The number of hydrogen-bond acceptors (Lipinski definition) is 5. The van der Waals surface area contributed by atoms with Crippen molar-refractivity contribution >= 4 is 27.5 Å². The molecule has 0 unspecified atom stereocenters. The molecule has 1 fully saturated rings. The third kappa shape index (κ3) is 7.01. The third-order valence-corrected chi connectivity index (χ3v) is 9.10. The van der Waals surface area contributed by atoms with Gasteiger partial charge >= 0.3 is 0 Å². The highest BCUT2D eigenvalue weighted by molar-refractivity contribution is 7.92. The molecule has 1 saturated carbocycles. The number of methoxy groups -OCH3 is 1. The van der Waals surface area contributed by atoms with Gasteiger partial charge < -0.3 is 15.0 Å². The first-order chi connectivity index (χ1) is 19.2. The second-order valence-electron chi connectivity index (χ2n) is 10.2. The number of anilines is 1. The zero-order valence-corrected chi connectivity index (χ0v) is 24.1. The number of amides is 2. The lowest BCUT2D eigenvalue weighted by Gasteiger charge is -2.32. The molecular weight excluding hydrogens is 526 g/mol. The quantitative estimate of drug-likeness (QED) is 0.366. The first kappa shape index (κ1) is 29.1. The van der Waals surface area contributed by atoms with Crippen molar-refractivity contribution in [1.29, 1.82) is 0 Å². The van der Waals surface area contributed by atoms with E-state index in [-0.39, 0.29) is 23.4 Å². The third-order valence-electron chi connectivity index (χ3n) is 7.31. The van der Waals surface area contributed by atoms with E-state index >= 15 is 0 Å². The zero-order valence-electron chi connectivity index (χ0n) is 23.2. The normalized spacial score (nSPS) is 14.4. The van der Waals surface area contributed by atoms with Crippen LogP contribution in [0.4, 0.5) is 5.69 Å². The van der Waals surface area contributed by atoms with Crippen LogP contribution in [0, 0.1) is 6.92 Å². The minimum atomic E-state index is -4.08. The number of nitrogens with one attached hydrogen (secondary N) is 1. The van der Waals surface area contributed by atoms with Crippen LogP contribution < -0.4 is 14.4 Å². The predicted octanol–water partition coefficient (Wildman–Crippen LogP) is 4.68. The van der Waals surface area contributed by atoms with Gasteiger partial charge in [0, 0.05) is 12.6 Å². The average Bonchev–Trinajstić information content (AvgIpc) is 3.48. The van der Waals surface area contributed by atoms with Gasteiger partial charge in [-0.2, -0.15) is 0 Å². The molecule has 3 aromatic rings. The van der Waals surface area contributed by atoms with Crippen LogP contribution in [-0.4, -0.2) is 50.9 Å². The van der Waals surface area contributed by atoms with Crippen LogP contribution in [-0.2, 0) is 26.2 Å². The van der Waals surface area contributed by atoms with Gasteiger partial charge in [-0.25, -0.2) is 8.42 Å². The molecule has 1 atom stereocenters. The molecule has 3 aromatic carbocycles. The Balaban J connectivity index is 1.66. The monoisotopic (exact) mass is 563 g/mol. The lowest BCUT2D eigenvalue weighted by Crippen LogP contribution is -2.52. The maximum absolute atomic E-state index is 14.0. The van der Waals surface area contributed by atoms with Crippen molar-refractivity contribution in [1.82, 2.24) is 10.2 Å². The maximum atomic E-state index is 14.0. The van der Waals surface area contributed by atoms with Gasteiger partial charge in [0.1, 0.15) is 18.3 Å². The van der Waals surface area contributed by atoms with E-state index in [1.165, 1.54) is 17.0 Å². The van der Waals surface area contributed by atoms with Crippen molar-refractivity contribution < 1.29 is 22.7 Å². The highest BCUT2D eigenvalue weighted by Gasteiger charge is 2.33. The first-order valence-electron chi connectivity index (χ1n) is 13.6. The standard InChI is InChI=1S/C31H37N3O5S/c1-23-13-19-29(20-14-23)40(37,38)34(27-11-5-4-6-12-27)22-30(35)33(21-25-15-17-28(39-3)18-16-25)24(2)31(36)32-26-9-7-8-10-26/h4-6,11-20,24,26H,7-10,21-22H2,1-3H3,(H,32,36)/t24-/m0/s1. The van der Waals surface area contributed by atoms with Crippen LogP contribution in [0.3, 0.4) is 0 Å². The largest absolute Gasteiger partial charge is 0.497 e. The summed E-state index contributed by atoms with van der Waals surface area (Å²) in [6, 6.07) is 21.6. The molecule has 1 aliphatic carbocycles. The topological polar surface area (TPSA) is 96.0 Å². The molecule has 9 heteroatoms. The van der Waals surface area contributed by atoms with E-state index in [0.717, 1.165) is 41.1 Å². The van der Waals surface area contributed by atoms with E-state index in [1.807, 2.05) is 19.1 Å². The molecule has 0 heterocycles. The molecule has 8 nitrogen and oxygen atoms in total. The summed E-state index contributed by atoms with van der Waals surface area (Å²) in [5, 5.41) is 3.08. The van der Waals surface area contributed by atoms with Crippen molar-refractivity contribution in [2.45, 2.75) is 63.1 Å². The summed E-state index contributed by atoms with van der Waals surface area (Å²) < 4.78 is 34.0. The Morgan fingerprint density at radius 2 is 1.57 bits per heavy atom. The van der Waals surface area contributed by atoms with Crippen molar-refractivity contribution in [3.05, 3.63) is 90.0 Å². The van der Waals surface area contributed by atoms with E-state index in [2.05, 4.69) is 5.32 Å². The lowest BCUT2D eigenvalue weighted by atomic mass is 10.1. The van der Waals surface area contributed by atoms with Gasteiger partial charge in [-0.3, -0.25) is 13.9 Å². The van der Waals surface area contributed by atoms with E-state index < -0.39 is 28.5 Å². The molecular formula is C31H37N3O5S. The summed E-state index contributed by atoms with van der Waals surface area (Å²) in [6.07, 6.45) is 3.97. The molecule has 0 saturated heterocycles. The highest BCUT2D eigenvalue weighted by atomic mass is 32.2. The number of benzene rings is 3. The Bertz CT molecular complexity index is 1390. The molecule has 2 amide bonds.